The van der Waals surface area contributed by atoms with Gasteiger partial charge in [-0.05, 0) is 30.5 Å². The molecule has 0 saturated heterocycles. The van der Waals surface area contributed by atoms with Crippen LogP contribution in [0.4, 0.5) is 0 Å². The molecule has 4 nitrogen and oxygen atoms in total. The van der Waals surface area contributed by atoms with Crippen molar-refractivity contribution in [3.05, 3.63) is 42.5 Å². The SMILES string of the molecule is CCC(N)Cc1cncc(-n2cccn2)c1. The van der Waals surface area contributed by atoms with E-state index in [1.165, 1.54) is 0 Å². The highest BCUT2D eigenvalue weighted by Gasteiger charge is 2.03. The summed E-state index contributed by atoms with van der Waals surface area (Å²) in [5, 5.41) is 4.17. The molecule has 1 unspecified atom stereocenters. The molecule has 0 bridgehead atoms. The Bertz CT molecular complexity index is 436. The minimum absolute atomic E-state index is 0.203. The van der Waals surface area contributed by atoms with Gasteiger partial charge < -0.3 is 5.73 Å². The second-order valence-corrected chi connectivity index (χ2v) is 3.87. The highest BCUT2D eigenvalue weighted by molar-refractivity contribution is 5.31. The molecule has 0 spiro atoms. The maximum Gasteiger partial charge on any atom is 0.0831 e. The number of rotatable bonds is 4. The third-order valence-electron chi connectivity index (χ3n) is 2.57. The standard InChI is InChI=1S/C12H16N4/c1-2-11(13)6-10-7-12(9-14-8-10)16-5-3-4-15-16/h3-5,7-9,11H,2,6,13H2,1H3. The Kier molecular flexibility index (Phi) is 3.31. The number of hydrogen-bond donors (Lipinski definition) is 1. The molecule has 0 aliphatic carbocycles. The minimum Gasteiger partial charge on any atom is -0.327 e. The maximum atomic E-state index is 5.92. The molecule has 1 atom stereocenters. The van der Waals surface area contributed by atoms with Crippen LogP contribution in [0, 0.1) is 0 Å². The Morgan fingerprint density at radius 1 is 1.44 bits per heavy atom. The summed E-state index contributed by atoms with van der Waals surface area (Å²) in [5.41, 5.74) is 8.06. The highest BCUT2D eigenvalue weighted by atomic mass is 15.3. The summed E-state index contributed by atoms with van der Waals surface area (Å²) >= 11 is 0. The van der Waals surface area contributed by atoms with E-state index in [1.54, 1.807) is 17.1 Å². The van der Waals surface area contributed by atoms with Crippen LogP contribution in [0.25, 0.3) is 5.69 Å². The van der Waals surface area contributed by atoms with Gasteiger partial charge in [-0.1, -0.05) is 6.92 Å². The predicted octanol–water partition coefficient (Wildman–Crippen LogP) is 1.55. The van der Waals surface area contributed by atoms with Crippen LogP contribution in [-0.4, -0.2) is 20.8 Å². The van der Waals surface area contributed by atoms with E-state index in [1.807, 2.05) is 18.5 Å². The summed E-state index contributed by atoms with van der Waals surface area (Å²) in [6.45, 7) is 2.09. The number of hydrogen-bond acceptors (Lipinski definition) is 3. The average molecular weight is 216 g/mol. The lowest BCUT2D eigenvalue weighted by Crippen LogP contribution is -2.21. The zero-order chi connectivity index (χ0) is 11.4. The van der Waals surface area contributed by atoms with Crippen molar-refractivity contribution in [1.82, 2.24) is 14.8 Å². The van der Waals surface area contributed by atoms with Gasteiger partial charge in [0.1, 0.15) is 0 Å². The first-order valence-corrected chi connectivity index (χ1v) is 5.49. The quantitative estimate of drug-likeness (QED) is 0.843. The van der Waals surface area contributed by atoms with Crippen LogP contribution in [0.5, 0.6) is 0 Å². The lowest BCUT2D eigenvalue weighted by atomic mass is 10.1. The van der Waals surface area contributed by atoms with Crippen molar-refractivity contribution < 1.29 is 0 Å². The zero-order valence-electron chi connectivity index (χ0n) is 9.37. The molecule has 0 aromatic carbocycles. The molecular weight excluding hydrogens is 200 g/mol. The molecule has 0 aliphatic heterocycles. The van der Waals surface area contributed by atoms with Gasteiger partial charge in [0.25, 0.3) is 0 Å². The van der Waals surface area contributed by atoms with Gasteiger partial charge >= 0.3 is 0 Å². The Hall–Kier alpha value is -1.68. The summed E-state index contributed by atoms with van der Waals surface area (Å²) in [6.07, 6.45) is 9.16. The van der Waals surface area contributed by atoms with Crippen LogP contribution in [0.1, 0.15) is 18.9 Å². The normalized spacial score (nSPS) is 12.6. The van der Waals surface area contributed by atoms with Gasteiger partial charge in [-0.15, -0.1) is 0 Å². The Morgan fingerprint density at radius 2 is 2.31 bits per heavy atom. The summed E-state index contributed by atoms with van der Waals surface area (Å²) < 4.78 is 1.80. The lowest BCUT2D eigenvalue weighted by Gasteiger charge is -2.09. The van der Waals surface area contributed by atoms with E-state index in [0.717, 1.165) is 24.1 Å². The lowest BCUT2D eigenvalue weighted by molar-refractivity contribution is 0.644. The summed E-state index contributed by atoms with van der Waals surface area (Å²) in [5.74, 6) is 0. The third-order valence-corrected chi connectivity index (χ3v) is 2.57. The third kappa shape index (κ3) is 2.46. The van der Waals surface area contributed by atoms with E-state index in [0.29, 0.717) is 0 Å². The number of pyridine rings is 1. The first-order chi connectivity index (χ1) is 7.79. The van der Waals surface area contributed by atoms with Gasteiger partial charge in [0.05, 0.1) is 11.9 Å². The fourth-order valence-electron chi connectivity index (χ4n) is 1.58. The largest absolute Gasteiger partial charge is 0.327 e. The smallest absolute Gasteiger partial charge is 0.0831 e. The molecule has 2 aromatic heterocycles. The molecule has 2 aromatic rings. The van der Waals surface area contributed by atoms with Crippen LogP contribution in [0.3, 0.4) is 0 Å². The molecule has 2 heterocycles. The molecule has 2 N–H and O–H groups in total. The van der Waals surface area contributed by atoms with Gasteiger partial charge in [-0.2, -0.15) is 5.10 Å². The van der Waals surface area contributed by atoms with Crippen LogP contribution >= 0.6 is 0 Å². The first kappa shape index (κ1) is 10.8. The van der Waals surface area contributed by atoms with Crippen LogP contribution in [-0.2, 0) is 6.42 Å². The van der Waals surface area contributed by atoms with Crippen LogP contribution < -0.4 is 5.73 Å². The molecular formula is C12H16N4. The Morgan fingerprint density at radius 3 is 3.00 bits per heavy atom. The van der Waals surface area contributed by atoms with E-state index in [-0.39, 0.29) is 6.04 Å². The van der Waals surface area contributed by atoms with E-state index >= 15 is 0 Å². The second-order valence-electron chi connectivity index (χ2n) is 3.87. The van der Waals surface area contributed by atoms with E-state index < -0.39 is 0 Å². The molecule has 0 fully saturated rings. The van der Waals surface area contributed by atoms with Gasteiger partial charge in [0.15, 0.2) is 0 Å². The van der Waals surface area contributed by atoms with E-state index in [4.69, 9.17) is 5.73 Å². The molecule has 0 saturated carbocycles. The predicted molar refractivity (Wildman–Crippen MR) is 63.3 cm³/mol. The number of aromatic nitrogens is 3. The summed E-state index contributed by atoms with van der Waals surface area (Å²) in [7, 11) is 0. The van der Waals surface area contributed by atoms with Crippen LogP contribution in [0.2, 0.25) is 0 Å². The summed E-state index contributed by atoms with van der Waals surface area (Å²) in [4.78, 5) is 4.21. The number of nitrogens with zero attached hydrogens (tertiary/aromatic N) is 3. The Balaban J connectivity index is 2.20. The van der Waals surface area contributed by atoms with Crippen molar-refractivity contribution >= 4 is 0 Å². The minimum atomic E-state index is 0.203. The zero-order valence-corrected chi connectivity index (χ0v) is 9.37. The Labute approximate surface area is 95.1 Å². The maximum absolute atomic E-state index is 5.92. The fraction of sp³-hybridized carbons (Fsp3) is 0.333. The molecule has 2 rings (SSSR count). The van der Waals surface area contributed by atoms with Gasteiger partial charge in [0.2, 0.25) is 0 Å². The van der Waals surface area contributed by atoms with Crippen molar-refractivity contribution in [1.29, 1.82) is 0 Å². The van der Waals surface area contributed by atoms with Crippen molar-refractivity contribution in [2.24, 2.45) is 5.73 Å². The fourth-order valence-corrected chi connectivity index (χ4v) is 1.58. The molecule has 0 aliphatic rings. The topological polar surface area (TPSA) is 56.7 Å². The molecule has 0 radical (unpaired) electrons. The summed E-state index contributed by atoms with van der Waals surface area (Å²) in [6, 6.07) is 4.18. The molecule has 4 heteroatoms. The highest BCUT2D eigenvalue weighted by Crippen LogP contribution is 2.09. The first-order valence-electron chi connectivity index (χ1n) is 5.49. The van der Waals surface area contributed by atoms with Gasteiger partial charge in [0, 0.05) is 24.6 Å². The number of nitrogens with two attached hydrogens (primary N) is 1. The van der Waals surface area contributed by atoms with E-state index in [2.05, 4.69) is 23.1 Å². The average Bonchev–Trinajstić information content (AvgIpc) is 2.83. The van der Waals surface area contributed by atoms with Gasteiger partial charge in [-0.3, -0.25) is 4.98 Å². The molecule has 84 valence electrons. The second kappa shape index (κ2) is 4.90. The molecule has 16 heavy (non-hydrogen) atoms. The monoisotopic (exact) mass is 216 g/mol. The van der Waals surface area contributed by atoms with Gasteiger partial charge in [-0.25, -0.2) is 4.68 Å². The molecule has 0 amide bonds. The van der Waals surface area contributed by atoms with Crippen molar-refractivity contribution in [2.75, 3.05) is 0 Å². The van der Waals surface area contributed by atoms with Crippen molar-refractivity contribution in [2.45, 2.75) is 25.8 Å². The van der Waals surface area contributed by atoms with Crippen LogP contribution in [0.15, 0.2) is 36.9 Å². The van der Waals surface area contributed by atoms with E-state index in [9.17, 15) is 0 Å². The van der Waals surface area contributed by atoms with Crippen molar-refractivity contribution in [3.8, 4) is 5.69 Å². The van der Waals surface area contributed by atoms with Crippen molar-refractivity contribution in [3.63, 3.8) is 0 Å².